The van der Waals surface area contributed by atoms with E-state index >= 15 is 0 Å². The Morgan fingerprint density at radius 3 is 2.29 bits per heavy atom. The van der Waals surface area contributed by atoms with Crippen molar-refractivity contribution in [2.75, 3.05) is 66.2 Å². The summed E-state index contributed by atoms with van der Waals surface area (Å²) in [4.78, 5) is 41.1. The van der Waals surface area contributed by atoms with Crippen LogP contribution in [0.25, 0.3) is 21.7 Å². The van der Waals surface area contributed by atoms with Crippen LogP contribution in [0.2, 0.25) is 0 Å². The number of aromatic nitrogens is 6. The first-order valence-corrected chi connectivity index (χ1v) is 27.0. The Morgan fingerprint density at radius 1 is 0.877 bits per heavy atom. The maximum Gasteiger partial charge on any atom is 0.234 e. The minimum absolute atomic E-state index is 0.0993. The van der Waals surface area contributed by atoms with Crippen molar-refractivity contribution in [3.8, 4) is 27.4 Å². The molecule has 6 aromatic rings. The zero-order valence-corrected chi connectivity index (χ0v) is 42.7. The minimum Gasteiger partial charge on any atom is -0.507 e. The molecule has 5 saturated heterocycles. The summed E-state index contributed by atoms with van der Waals surface area (Å²) < 4.78 is 5.97. The Labute approximate surface area is 430 Å². The number of piperazine rings is 1. The molecule has 18 nitrogen and oxygen atoms in total. The lowest BCUT2D eigenvalue weighted by Gasteiger charge is -2.42. The number of amides is 1. The summed E-state index contributed by atoms with van der Waals surface area (Å²) in [6.45, 7) is 11.9. The number of benzene rings is 2. The second-order valence-corrected chi connectivity index (χ2v) is 22.0. The molecule has 0 aliphatic carbocycles. The number of nitrogens with two attached hydrogens (primary N) is 1. The molecule has 4 aromatic heterocycles. The van der Waals surface area contributed by atoms with E-state index in [0.29, 0.717) is 41.3 Å². The highest BCUT2D eigenvalue weighted by Gasteiger charge is 2.44. The Bertz CT molecular complexity index is 2830. The molecule has 2 aromatic carbocycles. The Hall–Kier alpha value is -6.25. The first-order valence-electron chi connectivity index (χ1n) is 26.1. The molecule has 3 unspecified atom stereocenters. The number of aryl methyl sites for hydroxylation is 1. The van der Waals surface area contributed by atoms with Gasteiger partial charge in [0, 0.05) is 81.4 Å². The summed E-state index contributed by atoms with van der Waals surface area (Å²) in [5.41, 5.74) is 14.6. The third-order valence-electron chi connectivity index (χ3n) is 16.2. The number of nitrogens with zero attached hydrogens (tertiary/aromatic N) is 11. The molecule has 5 aliphatic heterocycles. The number of thiazole rings is 1. The summed E-state index contributed by atoms with van der Waals surface area (Å²) in [5.74, 6) is 2.13. The molecule has 5 aliphatic rings. The van der Waals surface area contributed by atoms with Crippen molar-refractivity contribution < 1.29 is 24.6 Å². The Morgan fingerprint density at radius 2 is 1.60 bits per heavy atom. The fourth-order valence-corrected chi connectivity index (χ4v) is 13.0. The monoisotopic (exact) mass is 1010 g/mol. The van der Waals surface area contributed by atoms with Crippen molar-refractivity contribution in [2.45, 2.75) is 121 Å². The summed E-state index contributed by atoms with van der Waals surface area (Å²) in [6, 6.07) is 19.6. The van der Waals surface area contributed by atoms with Gasteiger partial charge < -0.3 is 50.1 Å². The molecule has 19 heteroatoms. The number of hydrogen-bond acceptors (Lipinski definition) is 18. The van der Waals surface area contributed by atoms with Crippen LogP contribution in [0, 0.1) is 12.8 Å². The number of para-hydroxylation sites is 1. The molecule has 73 heavy (non-hydrogen) atoms. The molecule has 0 saturated carbocycles. The quantitative estimate of drug-likeness (QED) is 0.0772. The number of carbonyl (C=O) groups is 1. The van der Waals surface area contributed by atoms with Gasteiger partial charge in [0.15, 0.2) is 17.4 Å². The zero-order valence-electron chi connectivity index (χ0n) is 41.9. The van der Waals surface area contributed by atoms with Gasteiger partial charge >= 0.3 is 0 Å². The molecular weight excluding hydrogens is 943 g/mol. The number of nitrogens with one attached hydrogen (secondary N) is 1. The van der Waals surface area contributed by atoms with E-state index in [1.165, 1.54) is 5.56 Å². The number of fused-ring (bicyclic) bond motifs is 2. The van der Waals surface area contributed by atoms with Gasteiger partial charge in [-0.05, 0) is 112 Å². The van der Waals surface area contributed by atoms with Crippen LogP contribution in [0.4, 0.5) is 23.3 Å². The van der Waals surface area contributed by atoms with E-state index < -0.39 is 24.3 Å². The number of aliphatic hydroxyl groups excluding tert-OH is 2. The lowest BCUT2D eigenvalue weighted by molar-refractivity contribution is -0.138. The number of carbonyl (C=O) groups excluding carboxylic acids is 1. The zero-order chi connectivity index (χ0) is 50.3. The van der Waals surface area contributed by atoms with Gasteiger partial charge in [-0.2, -0.15) is 0 Å². The second-order valence-electron chi connectivity index (χ2n) is 21.1. The van der Waals surface area contributed by atoms with Crippen molar-refractivity contribution in [3.63, 3.8) is 0 Å². The fraction of sp³-hybridized carbons (Fsp3) is 0.500. The number of nitrogen functional groups attached to an aromatic ring is 1. The fourth-order valence-electron chi connectivity index (χ4n) is 12.2. The molecule has 0 radical (unpaired) electrons. The van der Waals surface area contributed by atoms with Crippen LogP contribution < -0.4 is 25.8 Å². The number of anilines is 4. The largest absolute Gasteiger partial charge is 0.507 e. The van der Waals surface area contributed by atoms with Gasteiger partial charge in [0.1, 0.15) is 17.9 Å². The van der Waals surface area contributed by atoms with Gasteiger partial charge in [0.25, 0.3) is 0 Å². The molecule has 384 valence electrons. The van der Waals surface area contributed by atoms with Crippen LogP contribution >= 0.6 is 11.3 Å². The lowest BCUT2D eigenvalue weighted by Crippen LogP contribution is -2.54. The smallest absolute Gasteiger partial charge is 0.234 e. The van der Waals surface area contributed by atoms with Gasteiger partial charge in [0.05, 0.1) is 39.6 Å². The van der Waals surface area contributed by atoms with Crippen molar-refractivity contribution in [1.82, 2.24) is 45.4 Å². The highest BCUT2D eigenvalue weighted by molar-refractivity contribution is 7.13. The molecule has 0 spiro atoms. The molecule has 2 bridgehead atoms. The standard InChI is InChI=1S/C54H67N13O5S/c1-32(2)49(53(71)66-30-41(68)22-45(66)52(70)56-25-34-8-10-36(11-9-34)50-33(3)59-31-73-50)47-24-48(62-72-47)64-20-16-38(17-21-64)63-18-14-35(15-19-63)37-26-57-54(58-27-37)67-39-12-13-40(67)29-65(28-39)44-23-43(60-61-51(44)55)42-6-4-5-7-46(42)69/h4-11,23-24,26-27,31-32,35,38-41,45,49,52,56,68-70H,12-22,25,28-30H2,1-3H3,(H2,55,61)/t39?,40?,41-,45+,49+,52?/m1/s1. The first kappa shape index (κ1) is 49.0. The van der Waals surface area contributed by atoms with Crippen LogP contribution in [0.3, 0.4) is 0 Å². The van der Waals surface area contributed by atoms with Crippen LogP contribution in [0.15, 0.2) is 83.1 Å². The SMILES string of the molecule is Cc1ncsc1-c1ccc(CNC(O)[C@@H]2C[C@@H](O)CN2C(=O)[C@H](c2cc(N3CCC(N4CCC(c5cnc(N6C7CCC6CN(c6cc(-c8ccccc8O)nnc6N)C7)nc5)CC4)CC3)no2)C(C)C)cc1. The minimum atomic E-state index is -1.03. The number of aliphatic hydroxyl groups is 2. The van der Waals surface area contributed by atoms with Gasteiger partial charge in [-0.15, -0.1) is 21.5 Å². The van der Waals surface area contributed by atoms with Crippen LogP contribution in [0.1, 0.15) is 93.2 Å². The highest BCUT2D eigenvalue weighted by Crippen LogP contribution is 2.40. The van der Waals surface area contributed by atoms with Crippen LogP contribution in [0.5, 0.6) is 5.75 Å². The first-order chi connectivity index (χ1) is 35.4. The summed E-state index contributed by atoms with van der Waals surface area (Å²) >= 11 is 1.61. The molecule has 9 heterocycles. The molecule has 1 amide bonds. The maximum atomic E-state index is 14.4. The predicted molar refractivity (Wildman–Crippen MR) is 281 cm³/mol. The average Bonchev–Trinajstić information content (AvgIpc) is 4.22. The number of phenols is 1. The molecule has 6 N–H and O–H groups in total. The van der Waals surface area contributed by atoms with Gasteiger partial charge in [-0.3, -0.25) is 10.1 Å². The number of rotatable bonds is 14. The summed E-state index contributed by atoms with van der Waals surface area (Å²) in [6.07, 6.45) is 8.90. The number of phenolic OH excluding ortho intramolecular Hbond substituents is 1. The number of hydrogen-bond donors (Lipinski definition) is 5. The Balaban J connectivity index is 0.650. The van der Waals surface area contributed by atoms with Crippen molar-refractivity contribution in [2.24, 2.45) is 5.92 Å². The van der Waals surface area contributed by atoms with Crippen molar-refractivity contribution >= 4 is 40.5 Å². The third-order valence-corrected chi connectivity index (χ3v) is 17.2. The molecule has 5 fully saturated rings. The van der Waals surface area contributed by atoms with E-state index in [2.05, 4.69) is 69.8 Å². The highest BCUT2D eigenvalue weighted by atomic mass is 32.1. The van der Waals surface area contributed by atoms with Gasteiger partial charge in [-0.25, -0.2) is 15.0 Å². The van der Waals surface area contributed by atoms with E-state index in [1.54, 1.807) is 28.4 Å². The predicted octanol–water partition coefficient (Wildman–Crippen LogP) is 6.16. The number of likely N-dealkylation sites (tertiary alicyclic amines) is 2. The number of piperidine rings is 2. The van der Waals surface area contributed by atoms with Crippen LogP contribution in [-0.4, -0.2) is 144 Å². The van der Waals surface area contributed by atoms with E-state index in [-0.39, 0.29) is 42.6 Å². The summed E-state index contributed by atoms with van der Waals surface area (Å²) in [7, 11) is 0. The topological polar surface area (TPSA) is 222 Å². The van der Waals surface area contributed by atoms with E-state index in [9.17, 15) is 20.1 Å². The molecule has 6 atom stereocenters. The maximum absolute atomic E-state index is 14.4. The Kier molecular flexibility index (Phi) is 14.0. The average molecular weight is 1010 g/mol. The normalized spacial score (nSPS) is 22.9. The lowest BCUT2D eigenvalue weighted by atomic mass is 9.89. The van der Waals surface area contributed by atoms with E-state index in [4.69, 9.17) is 20.2 Å². The molecular formula is C54H67N13O5S. The van der Waals surface area contributed by atoms with E-state index in [0.717, 1.165) is 117 Å². The number of aromatic hydroxyl groups is 1. The van der Waals surface area contributed by atoms with E-state index in [1.807, 2.05) is 62.7 Å². The van der Waals surface area contributed by atoms with Gasteiger partial charge in [0.2, 0.25) is 11.9 Å². The van der Waals surface area contributed by atoms with Gasteiger partial charge in [-0.1, -0.05) is 55.4 Å². The van der Waals surface area contributed by atoms with Crippen molar-refractivity contribution in [1.29, 1.82) is 0 Å². The van der Waals surface area contributed by atoms with Crippen LogP contribution in [-0.2, 0) is 11.3 Å². The second kappa shape index (κ2) is 20.9. The van der Waals surface area contributed by atoms with Crippen molar-refractivity contribution in [3.05, 3.63) is 101 Å². The third kappa shape index (κ3) is 10.1. The summed E-state index contributed by atoms with van der Waals surface area (Å²) in [5, 5.41) is 48.9. The number of β-amino-alcohol motifs (C(OH)–C–C–N with tert-alkyl or cyclic N) is 1. The molecule has 11 rings (SSSR count).